The second-order valence-corrected chi connectivity index (χ2v) is 4.31. The number of para-hydroxylation sites is 1. The van der Waals surface area contributed by atoms with Crippen LogP contribution in [0, 0.1) is 0 Å². The van der Waals surface area contributed by atoms with E-state index in [0.717, 1.165) is 16.6 Å². The molecule has 0 unspecified atom stereocenters. The monoisotopic (exact) mass is 252 g/mol. The molecule has 0 radical (unpaired) electrons. The SMILES string of the molecule is O=C(O)c1cn(Cc2ccccn2)c2ccccc12. The molecule has 1 aromatic carbocycles. The summed E-state index contributed by atoms with van der Waals surface area (Å²) < 4.78 is 1.92. The van der Waals surface area contributed by atoms with E-state index in [0.29, 0.717) is 12.1 Å². The molecule has 0 aliphatic heterocycles. The van der Waals surface area contributed by atoms with Gasteiger partial charge in [0, 0.05) is 23.3 Å². The zero-order chi connectivity index (χ0) is 13.2. The highest BCUT2D eigenvalue weighted by Crippen LogP contribution is 2.22. The largest absolute Gasteiger partial charge is 0.478 e. The summed E-state index contributed by atoms with van der Waals surface area (Å²) in [5.74, 6) is -0.907. The van der Waals surface area contributed by atoms with Crippen molar-refractivity contribution in [1.29, 1.82) is 0 Å². The van der Waals surface area contributed by atoms with Crippen LogP contribution in [0.2, 0.25) is 0 Å². The predicted octanol–water partition coefficient (Wildman–Crippen LogP) is 2.78. The van der Waals surface area contributed by atoms with Crippen LogP contribution in [0.3, 0.4) is 0 Å². The molecule has 4 heteroatoms. The van der Waals surface area contributed by atoms with Crippen molar-refractivity contribution in [2.75, 3.05) is 0 Å². The van der Waals surface area contributed by atoms with Gasteiger partial charge in [0.05, 0.1) is 17.8 Å². The van der Waals surface area contributed by atoms with Crippen molar-refractivity contribution in [3.05, 3.63) is 66.1 Å². The van der Waals surface area contributed by atoms with Crippen LogP contribution in [-0.4, -0.2) is 20.6 Å². The van der Waals surface area contributed by atoms with E-state index in [1.165, 1.54) is 0 Å². The van der Waals surface area contributed by atoms with E-state index in [4.69, 9.17) is 0 Å². The van der Waals surface area contributed by atoms with Crippen molar-refractivity contribution in [3.63, 3.8) is 0 Å². The number of hydrogen-bond acceptors (Lipinski definition) is 2. The fourth-order valence-electron chi connectivity index (χ4n) is 2.21. The fourth-order valence-corrected chi connectivity index (χ4v) is 2.21. The third-order valence-corrected chi connectivity index (χ3v) is 3.08. The third kappa shape index (κ3) is 2.08. The van der Waals surface area contributed by atoms with Crippen LogP contribution in [0.1, 0.15) is 16.1 Å². The van der Waals surface area contributed by atoms with E-state index in [1.54, 1.807) is 12.4 Å². The van der Waals surface area contributed by atoms with Crippen molar-refractivity contribution in [2.45, 2.75) is 6.54 Å². The lowest BCUT2D eigenvalue weighted by Crippen LogP contribution is -2.00. The molecule has 19 heavy (non-hydrogen) atoms. The lowest BCUT2D eigenvalue weighted by atomic mass is 10.2. The topological polar surface area (TPSA) is 55.1 Å². The number of carboxylic acid groups (broad SMARTS) is 1. The summed E-state index contributed by atoms with van der Waals surface area (Å²) in [6.07, 6.45) is 3.40. The third-order valence-electron chi connectivity index (χ3n) is 3.08. The average molecular weight is 252 g/mol. The summed E-state index contributed by atoms with van der Waals surface area (Å²) >= 11 is 0. The Balaban J connectivity index is 2.11. The second-order valence-electron chi connectivity index (χ2n) is 4.31. The van der Waals surface area contributed by atoms with Gasteiger partial charge in [0.2, 0.25) is 0 Å². The molecular formula is C15H12N2O2. The molecule has 94 valence electrons. The Morgan fingerprint density at radius 1 is 1.16 bits per heavy atom. The molecule has 0 aliphatic rings. The number of hydrogen-bond donors (Lipinski definition) is 1. The number of rotatable bonds is 3. The Hall–Kier alpha value is -2.62. The molecule has 0 saturated carbocycles. The summed E-state index contributed by atoms with van der Waals surface area (Å²) in [4.78, 5) is 15.5. The number of aromatic carboxylic acids is 1. The molecule has 0 bridgehead atoms. The summed E-state index contributed by atoms with van der Waals surface area (Å²) in [6.45, 7) is 0.564. The van der Waals surface area contributed by atoms with Crippen molar-refractivity contribution < 1.29 is 9.90 Å². The Morgan fingerprint density at radius 2 is 1.95 bits per heavy atom. The van der Waals surface area contributed by atoms with Crippen LogP contribution in [-0.2, 0) is 6.54 Å². The van der Waals surface area contributed by atoms with Crippen LogP contribution in [0.4, 0.5) is 0 Å². The first-order valence-electron chi connectivity index (χ1n) is 5.97. The molecule has 0 spiro atoms. The Bertz CT molecular complexity index is 732. The minimum atomic E-state index is -0.907. The number of aromatic nitrogens is 2. The molecule has 2 heterocycles. The number of benzene rings is 1. The number of carboxylic acids is 1. The molecule has 0 fully saturated rings. The number of fused-ring (bicyclic) bond motifs is 1. The Kier molecular flexibility index (Phi) is 2.76. The van der Waals surface area contributed by atoms with E-state index in [9.17, 15) is 9.90 Å². The summed E-state index contributed by atoms with van der Waals surface area (Å²) in [5, 5.41) is 9.99. The summed E-state index contributed by atoms with van der Waals surface area (Å²) in [5.41, 5.74) is 2.14. The molecule has 3 aromatic rings. The first-order chi connectivity index (χ1) is 9.25. The molecule has 0 amide bonds. The summed E-state index contributed by atoms with van der Waals surface area (Å²) in [6, 6.07) is 13.2. The molecule has 0 saturated heterocycles. The number of nitrogens with zero attached hydrogens (tertiary/aromatic N) is 2. The zero-order valence-electron chi connectivity index (χ0n) is 10.2. The van der Waals surface area contributed by atoms with Gasteiger partial charge < -0.3 is 9.67 Å². The minimum absolute atomic E-state index is 0.325. The molecule has 0 aliphatic carbocycles. The normalized spacial score (nSPS) is 10.7. The summed E-state index contributed by atoms with van der Waals surface area (Å²) in [7, 11) is 0. The van der Waals surface area contributed by atoms with E-state index < -0.39 is 5.97 Å². The molecule has 4 nitrogen and oxygen atoms in total. The van der Waals surface area contributed by atoms with E-state index in [2.05, 4.69) is 4.98 Å². The fraction of sp³-hybridized carbons (Fsp3) is 0.0667. The van der Waals surface area contributed by atoms with Gasteiger partial charge in [-0.1, -0.05) is 24.3 Å². The van der Waals surface area contributed by atoms with E-state index in [1.807, 2.05) is 47.0 Å². The maximum Gasteiger partial charge on any atom is 0.337 e. The molecular weight excluding hydrogens is 240 g/mol. The van der Waals surface area contributed by atoms with E-state index >= 15 is 0 Å². The van der Waals surface area contributed by atoms with E-state index in [-0.39, 0.29) is 0 Å². The van der Waals surface area contributed by atoms with Crippen LogP contribution in [0.5, 0.6) is 0 Å². The zero-order valence-corrected chi connectivity index (χ0v) is 10.2. The second kappa shape index (κ2) is 4.57. The average Bonchev–Trinajstić information content (AvgIpc) is 2.79. The van der Waals surface area contributed by atoms with Gasteiger partial charge >= 0.3 is 5.97 Å². The number of carbonyl (C=O) groups is 1. The van der Waals surface area contributed by atoms with Gasteiger partial charge in [0.25, 0.3) is 0 Å². The standard InChI is InChI=1S/C15H12N2O2/c18-15(19)13-10-17(9-11-5-3-4-8-16-11)14-7-2-1-6-12(13)14/h1-8,10H,9H2,(H,18,19). The lowest BCUT2D eigenvalue weighted by molar-refractivity contribution is 0.0699. The highest BCUT2D eigenvalue weighted by atomic mass is 16.4. The van der Waals surface area contributed by atoms with Crippen molar-refractivity contribution in [3.8, 4) is 0 Å². The first-order valence-corrected chi connectivity index (χ1v) is 5.97. The van der Waals surface area contributed by atoms with Crippen molar-refractivity contribution in [1.82, 2.24) is 9.55 Å². The maximum absolute atomic E-state index is 11.3. The first kappa shape index (κ1) is 11.5. The van der Waals surface area contributed by atoms with Gasteiger partial charge in [0.1, 0.15) is 0 Å². The smallest absolute Gasteiger partial charge is 0.337 e. The van der Waals surface area contributed by atoms with Gasteiger partial charge in [-0.15, -0.1) is 0 Å². The van der Waals surface area contributed by atoms with Gasteiger partial charge in [-0.2, -0.15) is 0 Å². The van der Waals surface area contributed by atoms with Crippen LogP contribution >= 0.6 is 0 Å². The highest BCUT2D eigenvalue weighted by molar-refractivity contribution is 6.03. The van der Waals surface area contributed by atoms with Gasteiger partial charge in [-0.3, -0.25) is 4.98 Å². The van der Waals surface area contributed by atoms with Crippen LogP contribution in [0.25, 0.3) is 10.9 Å². The van der Waals surface area contributed by atoms with Crippen LogP contribution < -0.4 is 0 Å². The minimum Gasteiger partial charge on any atom is -0.478 e. The number of pyridine rings is 1. The quantitative estimate of drug-likeness (QED) is 0.779. The lowest BCUT2D eigenvalue weighted by Gasteiger charge is -2.04. The maximum atomic E-state index is 11.3. The van der Waals surface area contributed by atoms with Gasteiger partial charge in [0.15, 0.2) is 0 Å². The van der Waals surface area contributed by atoms with Crippen molar-refractivity contribution >= 4 is 16.9 Å². The molecule has 3 rings (SSSR count). The Morgan fingerprint density at radius 3 is 2.68 bits per heavy atom. The predicted molar refractivity (Wildman–Crippen MR) is 72.2 cm³/mol. The van der Waals surface area contributed by atoms with Crippen molar-refractivity contribution in [2.24, 2.45) is 0 Å². The molecule has 0 atom stereocenters. The molecule has 1 N–H and O–H groups in total. The van der Waals surface area contributed by atoms with Crippen LogP contribution in [0.15, 0.2) is 54.9 Å². The molecule has 2 aromatic heterocycles. The van der Waals surface area contributed by atoms with Gasteiger partial charge in [-0.25, -0.2) is 4.79 Å². The Labute approximate surface area is 109 Å². The highest BCUT2D eigenvalue weighted by Gasteiger charge is 2.13. The van der Waals surface area contributed by atoms with Gasteiger partial charge in [-0.05, 0) is 18.2 Å².